The van der Waals surface area contributed by atoms with E-state index >= 15 is 0 Å². The summed E-state index contributed by atoms with van der Waals surface area (Å²) in [6, 6.07) is 0.735. The fraction of sp³-hybridized carbons (Fsp3) is 0.571. The monoisotopic (exact) mass is 367 g/mol. The van der Waals surface area contributed by atoms with E-state index in [9.17, 15) is 18.0 Å². The molecule has 24 heavy (non-hydrogen) atoms. The molecule has 0 bridgehead atoms. The SMILES string of the molecule is NC1(C(=O)NCCOc2ncc(C(F)(F)F)cc2Cl)CCOCC1. The molecule has 1 aromatic heterocycles. The highest BCUT2D eigenvalue weighted by Crippen LogP contribution is 2.33. The fourth-order valence-electron chi connectivity index (χ4n) is 2.14. The van der Waals surface area contributed by atoms with E-state index in [4.69, 9.17) is 26.8 Å². The highest BCUT2D eigenvalue weighted by Gasteiger charge is 2.35. The Morgan fingerprint density at radius 2 is 2.12 bits per heavy atom. The molecular formula is C14H17ClF3N3O3. The Morgan fingerprint density at radius 1 is 1.46 bits per heavy atom. The molecule has 0 unspecified atom stereocenters. The highest BCUT2D eigenvalue weighted by atomic mass is 35.5. The second kappa shape index (κ2) is 7.54. The number of carbonyl (C=O) groups is 1. The number of nitrogens with one attached hydrogen (secondary N) is 1. The van der Waals surface area contributed by atoms with Crippen LogP contribution in [0.1, 0.15) is 18.4 Å². The summed E-state index contributed by atoms with van der Waals surface area (Å²) in [6.07, 6.45) is -3.04. The minimum Gasteiger partial charge on any atom is -0.475 e. The highest BCUT2D eigenvalue weighted by molar-refractivity contribution is 6.31. The van der Waals surface area contributed by atoms with Gasteiger partial charge in [0.15, 0.2) is 0 Å². The Bertz CT molecular complexity index is 592. The number of amides is 1. The van der Waals surface area contributed by atoms with Gasteiger partial charge in [0.05, 0.1) is 17.6 Å². The van der Waals surface area contributed by atoms with E-state index in [0.29, 0.717) is 32.3 Å². The molecule has 0 aliphatic carbocycles. The Kier molecular flexibility index (Phi) is 5.89. The minimum atomic E-state index is -4.53. The summed E-state index contributed by atoms with van der Waals surface area (Å²) in [5.41, 5.74) is 4.07. The van der Waals surface area contributed by atoms with E-state index in [0.717, 1.165) is 6.07 Å². The van der Waals surface area contributed by atoms with Gasteiger partial charge in [0, 0.05) is 19.4 Å². The lowest BCUT2D eigenvalue weighted by Gasteiger charge is -2.31. The lowest BCUT2D eigenvalue weighted by atomic mass is 9.90. The zero-order valence-corrected chi connectivity index (χ0v) is 13.4. The number of carbonyl (C=O) groups excluding carboxylic acids is 1. The first kappa shape index (κ1) is 18.8. The van der Waals surface area contributed by atoms with Gasteiger partial charge in [-0.25, -0.2) is 4.98 Å². The van der Waals surface area contributed by atoms with Crippen molar-refractivity contribution in [1.82, 2.24) is 10.3 Å². The van der Waals surface area contributed by atoms with Crippen LogP contribution < -0.4 is 15.8 Å². The molecule has 10 heteroatoms. The van der Waals surface area contributed by atoms with Crippen LogP contribution in [0, 0.1) is 0 Å². The number of aromatic nitrogens is 1. The average Bonchev–Trinajstić information content (AvgIpc) is 2.52. The second-order valence-electron chi connectivity index (χ2n) is 5.38. The number of nitrogens with two attached hydrogens (primary N) is 1. The summed E-state index contributed by atoms with van der Waals surface area (Å²) in [4.78, 5) is 15.6. The van der Waals surface area contributed by atoms with E-state index < -0.39 is 17.3 Å². The van der Waals surface area contributed by atoms with Crippen LogP contribution in [0.15, 0.2) is 12.3 Å². The van der Waals surface area contributed by atoms with Crippen LogP contribution in [0.2, 0.25) is 5.02 Å². The zero-order valence-electron chi connectivity index (χ0n) is 12.7. The maximum Gasteiger partial charge on any atom is 0.417 e. The van der Waals surface area contributed by atoms with Gasteiger partial charge in [0.2, 0.25) is 11.8 Å². The van der Waals surface area contributed by atoms with E-state index in [2.05, 4.69) is 10.3 Å². The van der Waals surface area contributed by atoms with Crippen LogP contribution in [-0.4, -0.2) is 42.8 Å². The van der Waals surface area contributed by atoms with Gasteiger partial charge in [-0.05, 0) is 18.9 Å². The normalized spacial score (nSPS) is 17.4. The zero-order chi connectivity index (χ0) is 17.8. The van der Waals surface area contributed by atoms with Gasteiger partial charge in [-0.2, -0.15) is 13.2 Å². The second-order valence-corrected chi connectivity index (χ2v) is 5.79. The molecule has 1 aromatic rings. The van der Waals surface area contributed by atoms with Gasteiger partial charge in [0.25, 0.3) is 0 Å². The van der Waals surface area contributed by atoms with Crippen molar-refractivity contribution >= 4 is 17.5 Å². The predicted octanol–water partition coefficient (Wildman–Crippen LogP) is 1.76. The molecule has 0 spiro atoms. The molecule has 1 aliphatic rings. The van der Waals surface area contributed by atoms with Crippen molar-refractivity contribution in [2.24, 2.45) is 5.73 Å². The molecule has 6 nitrogen and oxygen atoms in total. The van der Waals surface area contributed by atoms with Crippen LogP contribution in [0.3, 0.4) is 0 Å². The van der Waals surface area contributed by atoms with Crippen molar-refractivity contribution < 1.29 is 27.4 Å². The molecule has 1 saturated heterocycles. The van der Waals surface area contributed by atoms with Crippen LogP contribution in [0.4, 0.5) is 13.2 Å². The molecule has 1 aliphatic heterocycles. The molecule has 3 N–H and O–H groups in total. The molecule has 0 atom stereocenters. The van der Waals surface area contributed by atoms with Crippen LogP contribution >= 0.6 is 11.6 Å². The van der Waals surface area contributed by atoms with Gasteiger partial charge >= 0.3 is 6.18 Å². The van der Waals surface area contributed by atoms with E-state index in [-0.39, 0.29) is 30.0 Å². The molecule has 134 valence electrons. The molecule has 1 amide bonds. The standard InChI is InChI=1S/C14H17ClF3N3O3/c15-10-7-9(14(16,17)18)8-21-11(10)24-6-3-20-12(22)13(19)1-4-23-5-2-13/h7-8H,1-6,19H2,(H,20,22). The topological polar surface area (TPSA) is 86.5 Å². The largest absolute Gasteiger partial charge is 0.475 e. The van der Waals surface area contributed by atoms with Crippen molar-refractivity contribution in [2.45, 2.75) is 24.6 Å². The quantitative estimate of drug-likeness (QED) is 0.774. The first-order chi connectivity index (χ1) is 11.2. The number of hydrogen-bond acceptors (Lipinski definition) is 5. The number of halogens is 4. The molecule has 1 fully saturated rings. The lowest BCUT2D eigenvalue weighted by molar-refractivity contribution is -0.137. The molecule has 0 saturated carbocycles. The third kappa shape index (κ3) is 4.71. The molecular weight excluding hydrogens is 351 g/mol. The van der Waals surface area contributed by atoms with Crippen molar-refractivity contribution in [3.8, 4) is 5.88 Å². The smallest absolute Gasteiger partial charge is 0.417 e. The minimum absolute atomic E-state index is 0.00357. The predicted molar refractivity (Wildman–Crippen MR) is 79.7 cm³/mol. The third-order valence-electron chi connectivity index (χ3n) is 3.60. The summed E-state index contributed by atoms with van der Waals surface area (Å²) in [7, 11) is 0. The van der Waals surface area contributed by atoms with Gasteiger partial charge in [-0.1, -0.05) is 11.6 Å². The third-order valence-corrected chi connectivity index (χ3v) is 3.87. The van der Waals surface area contributed by atoms with E-state index in [1.54, 1.807) is 0 Å². The van der Waals surface area contributed by atoms with Crippen molar-refractivity contribution in [3.05, 3.63) is 22.8 Å². The lowest BCUT2D eigenvalue weighted by Crippen LogP contribution is -2.57. The first-order valence-electron chi connectivity index (χ1n) is 7.23. The summed E-state index contributed by atoms with van der Waals surface area (Å²) in [5.74, 6) is -0.451. The molecule has 2 rings (SSSR count). The first-order valence-corrected chi connectivity index (χ1v) is 7.61. The Labute approximate surface area is 141 Å². The number of rotatable bonds is 5. The number of ether oxygens (including phenoxy) is 2. The molecule has 0 radical (unpaired) electrons. The van der Waals surface area contributed by atoms with Gasteiger partial charge in [0.1, 0.15) is 11.6 Å². The Morgan fingerprint density at radius 3 is 2.71 bits per heavy atom. The van der Waals surface area contributed by atoms with E-state index in [1.807, 2.05) is 0 Å². The number of pyridine rings is 1. The number of hydrogen-bond donors (Lipinski definition) is 2. The fourth-order valence-corrected chi connectivity index (χ4v) is 2.36. The average molecular weight is 368 g/mol. The van der Waals surface area contributed by atoms with E-state index in [1.165, 1.54) is 0 Å². The summed E-state index contributed by atoms with van der Waals surface area (Å²) >= 11 is 5.71. The summed E-state index contributed by atoms with van der Waals surface area (Å²) < 4.78 is 47.8. The Balaban J connectivity index is 1.81. The number of nitrogens with zero attached hydrogens (tertiary/aromatic N) is 1. The van der Waals surface area contributed by atoms with Crippen LogP contribution in [0.25, 0.3) is 0 Å². The van der Waals surface area contributed by atoms with Gasteiger partial charge < -0.3 is 20.5 Å². The van der Waals surface area contributed by atoms with Crippen LogP contribution in [0.5, 0.6) is 5.88 Å². The maximum atomic E-state index is 12.5. The van der Waals surface area contributed by atoms with Gasteiger partial charge in [-0.15, -0.1) is 0 Å². The summed E-state index contributed by atoms with van der Waals surface area (Å²) in [5, 5.41) is 2.37. The van der Waals surface area contributed by atoms with Crippen molar-refractivity contribution in [2.75, 3.05) is 26.4 Å². The Hall–Kier alpha value is -1.58. The molecule has 0 aromatic carbocycles. The van der Waals surface area contributed by atoms with Crippen LogP contribution in [-0.2, 0) is 15.7 Å². The molecule has 2 heterocycles. The van der Waals surface area contributed by atoms with Crippen molar-refractivity contribution in [1.29, 1.82) is 0 Å². The summed E-state index contributed by atoms with van der Waals surface area (Å²) in [6.45, 7) is 0.963. The number of alkyl halides is 3. The maximum absolute atomic E-state index is 12.5. The van der Waals surface area contributed by atoms with Crippen molar-refractivity contribution in [3.63, 3.8) is 0 Å². The van der Waals surface area contributed by atoms with Gasteiger partial charge in [-0.3, -0.25) is 4.79 Å².